The van der Waals surface area contributed by atoms with Crippen molar-refractivity contribution in [2.75, 3.05) is 19.8 Å². The third-order valence-electron chi connectivity index (χ3n) is 4.55. The average Bonchev–Trinajstić information content (AvgIpc) is 2.96. The van der Waals surface area contributed by atoms with Crippen molar-refractivity contribution in [1.29, 1.82) is 0 Å². The van der Waals surface area contributed by atoms with E-state index in [9.17, 15) is 4.39 Å². The third-order valence-corrected chi connectivity index (χ3v) is 4.55. The van der Waals surface area contributed by atoms with Gasteiger partial charge in [-0.2, -0.15) is 0 Å². The highest BCUT2D eigenvalue weighted by Gasteiger charge is 2.34. The molecule has 1 saturated carbocycles. The van der Waals surface area contributed by atoms with Crippen molar-refractivity contribution in [1.82, 2.24) is 10.6 Å². The number of ether oxygens (including phenoxy) is 1. The smallest absolute Gasteiger partial charge is 0.127 e. The Balaban J connectivity index is 0.00000161. The number of hydrogen-bond donors (Lipinski definition) is 2. The molecule has 0 bridgehead atoms. The Morgan fingerprint density at radius 1 is 1.29 bits per heavy atom. The Labute approximate surface area is 132 Å². The Bertz CT molecular complexity index is 440. The molecule has 1 aromatic carbocycles. The molecule has 21 heavy (non-hydrogen) atoms. The predicted octanol–water partition coefficient (Wildman–Crippen LogP) is 2.49. The molecule has 0 aromatic heterocycles. The molecule has 3 unspecified atom stereocenters. The van der Waals surface area contributed by atoms with Crippen LogP contribution in [0.5, 0.6) is 0 Å². The van der Waals surface area contributed by atoms with E-state index >= 15 is 0 Å². The molecule has 0 amide bonds. The molecule has 1 aliphatic carbocycles. The Hall–Kier alpha value is -0.680. The predicted molar refractivity (Wildman–Crippen MR) is 84.2 cm³/mol. The lowest BCUT2D eigenvalue weighted by Crippen LogP contribution is -2.50. The van der Waals surface area contributed by atoms with Crippen molar-refractivity contribution in [3.8, 4) is 0 Å². The van der Waals surface area contributed by atoms with Crippen LogP contribution in [0.1, 0.15) is 24.8 Å². The molecule has 1 heterocycles. The van der Waals surface area contributed by atoms with Gasteiger partial charge in [0, 0.05) is 30.7 Å². The van der Waals surface area contributed by atoms with Gasteiger partial charge in [0.25, 0.3) is 0 Å². The fourth-order valence-corrected chi connectivity index (χ4v) is 3.47. The first-order valence-electron chi connectivity index (χ1n) is 7.62. The summed E-state index contributed by atoms with van der Waals surface area (Å²) in [6, 6.07) is 7.93. The lowest BCUT2D eigenvalue weighted by molar-refractivity contribution is 0.0524. The lowest BCUT2D eigenvalue weighted by atomic mass is 9.94. The van der Waals surface area contributed by atoms with E-state index in [1.54, 1.807) is 6.07 Å². The van der Waals surface area contributed by atoms with Gasteiger partial charge in [-0.15, -0.1) is 12.4 Å². The highest BCUT2D eigenvalue weighted by Crippen LogP contribution is 2.29. The summed E-state index contributed by atoms with van der Waals surface area (Å²) < 4.78 is 19.2. The highest BCUT2D eigenvalue weighted by atomic mass is 35.5. The second kappa shape index (κ2) is 8.08. The van der Waals surface area contributed by atoms with Crippen LogP contribution in [-0.4, -0.2) is 31.8 Å². The highest BCUT2D eigenvalue weighted by molar-refractivity contribution is 5.85. The molecule has 3 nitrogen and oxygen atoms in total. The van der Waals surface area contributed by atoms with E-state index in [2.05, 4.69) is 10.6 Å². The molecule has 1 saturated heterocycles. The van der Waals surface area contributed by atoms with Crippen LogP contribution in [0.2, 0.25) is 0 Å². The Morgan fingerprint density at radius 2 is 2.14 bits per heavy atom. The number of benzene rings is 1. The number of nitrogens with one attached hydrogen (secondary N) is 2. The fourth-order valence-electron chi connectivity index (χ4n) is 3.47. The van der Waals surface area contributed by atoms with Crippen molar-refractivity contribution in [2.45, 2.75) is 37.9 Å². The van der Waals surface area contributed by atoms with Crippen molar-refractivity contribution < 1.29 is 9.13 Å². The number of hydrogen-bond acceptors (Lipinski definition) is 3. The third kappa shape index (κ3) is 4.16. The minimum Gasteiger partial charge on any atom is -0.379 e. The summed E-state index contributed by atoms with van der Waals surface area (Å²) in [6.07, 6.45) is 3.66. The van der Waals surface area contributed by atoms with Gasteiger partial charge in [-0.3, -0.25) is 0 Å². The van der Waals surface area contributed by atoms with Gasteiger partial charge in [-0.05, 0) is 24.8 Å². The molecule has 2 fully saturated rings. The molecule has 0 radical (unpaired) electrons. The van der Waals surface area contributed by atoms with Crippen LogP contribution in [0.25, 0.3) is 0 Å². The second-order valence-corrected chi connectivity index (χ2v) is 5.81. The monoisotopic (exact) mass is 314 g/mol. The minimum absolute atomic E-state index is 0. The molecule has 1 aromatic rings. The molecule has 5 heteroatoms. The topological polar surface area (TPSA) is 33.3 Å². The van der Waals surface area contributed by atoms with Crippen LogP contribution in [0.4, 0.5) is 4.39 Å². The molecule has 0 spiro atoms. The Kier molecular flexibility index (Phi) is 6.42. The van der Waals surface area contributed by atoms with E-state index in [-0.39, 0.29) is 18.2 Å². The molecule has 3 rings (SSSR count). The van der Waals surface area contributed by atoms with Gasteiger partial charge in [0.15, 0.2) is 0 Å². The van der Waals surface area contributed by atoms with Crippen molar-refractivity contribution in [3.05, 3.63) is 35.6 Å². The average molecular weight is 315 g/mol. The largest absolute Gasteiger partial charge is 0.379 e. The van der Waals surface area contributed by atoms with E-state index in [1.807, 2.05) is 12.1 Å². The first-order valence-corrected chi connectivity index (χ1v) is 7.62. The molecule has 2 aliphatic rings. The maximum Gasteiger partial charge on any atom is 0.127 e. The lowest BCUT2D eigenvalue weighted by Gasteiger charge is -2.33. The van der Waals surface area contributed by atoms with Crippen LogP contribution in [0.3, 0.4) is 0 Å². The van der Waals surface area contributed by atoms with E-state index in [0.717, 1.165) is 25.3 Å². The van der Waals surface area contributed by atoms with Crippen LogP contribution >= 0.6 is 12.4 Å². The van der Waals surface area contributed by atoms with E-state index < -0.39 is 0 Å². The van der Waals surface area contributed by atoms with Gasteiger partial charge in [0.1, 0.15) is 5.82 Å². The van der Waals surface area contributed by atoms with Crippen LogP contribution in [-0.2, 0) is 11.3 Å². The number of morpholine rings is 1. The van der Waals surface area contributed by atoms with Crippen molar-refractivity contribution in [3.63, 3.8) is 0 Å². The minimum atomic E-state index is -0.117. The van der Waals surface area contributed by atoms with Gasteiger partial charge < -0.3 is 15.4 Å². The zero-order valence-corrected chi connectivity index (χ0v) is 13.0. The first kappa shape index (κ1) is 16.7. The number of halogens is 2. The van der Waals surface area contributed by atoms with Crippen LogP contribution < -0.4 is 10.6 Å². The maximum atomic E-state index is 13.6. The van der Waals surface area contributed by atoms with Gasteiger partial charge in [0.05, 0.1) is 13.2 Å². The van der Waals surface area contributed by atoms with Crippen LogP contribution in [0.15, 0.2) is 24.3 Å². The molecule has 2 N–H and O–H groups in total. The maximum absolute atomic E-state index is 13.6. The van der Waals surface area contributed by atoms with Gasteiger partial charge >= 0.3 is 0 Å². The van der Waals surface area contributed by atoms with E-state index in [4.69, 9.17) is 4.74 Å². The first-order chi connectivity index (χ1) is 9.84. The summed E-state index contributed by atoms with van der Waals surface area (Å²) in [5.41, 5.74) is 0.756. The zero-order valence-electron chi connectivity index (χ0n) is 12.2. The summed E-state index contributed by atoms with van der Waals surface area (Å²) in [6.45, 7) is 3.18. The summed E-state index contributed by atoms with van der Waals surface area (Å²) >= 11 is 0. The fraction of sp³-hybridized carbons (Fsp3) is 0.625. The SMILES string of the molecule is Cl.Fc1ccccc1CNC1CCCC1C1COCCN1. The van der Waals surface area contributed by atoms with E-state index in [1.165, 1.54) is 25.3 Å². The van der Waals surface area contributed by atoms with Gasteiger partial charge in [-0.25, -0.2) is 4.39 Å². The summed E-state index contributed by atoms with van der Waals surface area (Å²) in [5, 5.41) is 7.11. The van der Waals surface area contributed by atoms with Crippen LogP contribution in [0, 0.1) is 11.7 Å². The van der Waals surface area contributed by atoms with Crippen molar-refractivity contribution in [2.24, 2.45) is 5.92 Å². The molecular formula is C16H24ClFN2O. The standard InChI is InChI=1S/C16H23FN2O.ClH/c17-14-6-2-1-4-12(14)10-19-15-7-3-5-13(15)16-11-20-9-8-18-16;/h1-2,4,6,13,15-16,18-19H,3,5,7-11H2;1H. The quantitative estimate of drug-likeness (QED) is 0.896. The van der Waals surface area contributed by atoms with Gasteiger partial charge in [0.2, 0.25) is 0 Å². The molecule has 3 atom stereocenters. The van der Waals surface area contributed by atoms with E-state index in [0.29, 0.717) is 24.5 Å². The zero-order chi connectivity index (χ0) is 13.8. The molecule has 1 aliphatic heterocycles. The van der Waals surface area contributed by atoms with Crippen molar-refractivity contribution >= 4 is 12.4 Å². The normalized spacial score (nSPS) is 29.1. The summed E-state index contributed by atoms with van der Waals surface area (Å²) in [4.78, 5) is 0. The summed E-state index contributed by atoms with van der Waals surface area (Å²) in [5.74, 6) is 0.482. The van der Waals surface area contributed by atoms with Gasteiger partial charge in [-0.1, -0.05) is 24.6 Å². The number of rotatable bonds is 4. The second-order valence-electron chi connectivity index (χ2n) is 5.81. The molecular weight excluding hydrogens is 291 g/mol. The Morgan fingerprint density at radius 3 is 2.90 bits per heavy atom. The molecule has 118 valence electrons. The summed E-state index contributed by atoms with van der Waals surface area (Å²) in [7, 11) is 0.